The first-order chi connectivity index (χ1) is 8.94. The normalized spacial score (nSPS) is 20.4. The molecule has 0 aromatic heterocycles. The number of carbonyl (C=O) groups excluding carboxylic acids is 1. The van der Waals surface area contributed by atoms with Crippen LogP contribution in [0.5, 0.6) is 0 Å². The molecule has 1 rings (SSSR count). The molecule has 1 amide bonds. The van der Waals surface area contributed by atoms with Gasteiger partial charge in [-0.05, 0) is 46.6 Å². The van der Waals surface area contributed by atoms with Gasteiger partial charge in [0.25, 0.3) is 0 Å². The van der Waals surface area contributed by atoms with Gasteiger partial charge in [0.1, 0.15) is 0 Å². The Hall–Kier alpha value is -0.650. The molecule has 0 saturated carbocycles. The van der Waals surface area contributed by atoms with E-state index in [0.29, 0.717) is 0 Å². The number of nitrogens with two attached hydrogens (primary N) is 1. The van der Waals surface area contributed by atoms with Crippen molar-refractivity contribution in [2.24, 2.45) is 5.73 Å². The molecule has 0 radical (unpaired) electrons. The van der Waals surface area contributed by atoms with Crippen molar-refractivity contribution in [2.75, 3.05) is 32.8 Å². The van der Waals surface area contributed by atoms with Gasteiger partial charge in [-0.1, -0.05) is 0 Å². The lowest BCUT2D eigenvalue weighted by Gasteiger charge is -2.31. The molecule has 112 valence electrons. The topological polar surface area (TPSA) is 67.6 Å². The summed E-state index contributed by atoms with van der Waals surface area (Å²) in [6, 6.07) is 0.261. The highest BCUT2D eigenvalue weighted by Gasteiger charge is 2.30. The third-order valence-corrected chi connectivity index (χ3v) is 3.66. The number of hydrogen-bond acceptors (Lipinski definition) is 4. The van der Waals surface area contributed by atoms with E-state index in [4.69, 9.17) is 10.5 Å². The van der Waals surface area contributed by atoms with Crippen molar-refractivity contribution in [2.45, 2.75) is 51.6 Å². The van der Waals surface area contributed by atoms with E-state index >= 15 is 0 Å². The molecule has 0 aliphatic carbocycles. The molecule has 1 atom stereocenters. The first kappa shape index (κ1) is 16.4. The van der Waals surface area contributed by atoms with E-state index in [9.17, 15) is 4.79 Å². The lowest BCUT2D eigenvalue weighted by Crippen LogP contribution is -2.55. The van der Waals surface area contributed by atoms with Crippen LogP contribution in [0.1, 0.15) is 40.0 Å². The third-order valence-electron chi connectivity index (χ3n) is 3.66. The lowest BCUT2D eigenvalue weighted by molar-refractivity contribution is -0.124. The van der Waals surface area contributed by atoms with Crippen LogP contribution in [0.15, 0.2) is 0 Å². The van der Waals surface area contributed by atoms with Gasteiger partial charge in [-0.2, -0.15) is 0 Å². The fraction of sp³-hybridized carbons (Fsp3) is 0.929. The molecule has 1 aliphatic heterocycles. The molecule has 5 heteroatoms. The second kappa shape index (κ2) is 7.82. The summed E-state index contributed by atoms with van der Waals surface area (Å²) in [4.78, 5) is 14.0. The SMILES string of the molecule is CC(C)NC(C)(CCCCN1CCOCC1)C(N)=O. The Morgan fingerprint density at radius 2 is 2.00 bits per heavy atom. The minimum Gasteiger partial charge on any atom is -0.379 e. The molecule has 1 heterocycles. The van der Waals surface area contributed by atoms with Crippen LogP contribution in [0.25, 0.3) is 0 Å². The third kappa shape index (κ3) is 5.89. The van der Waals surface area contributed by atoms with Crippen LogP contribution in [-0.2, 0) is 9.53 Å². The largest absolute Gasteiger partial charge is 0.379 e. The van der Waals surface area contributed by atoms with Crippen LogP contribution < -0.4 is 11.1 Å². The van der Waals surface area contributed by atoms with Crippen LogP contribution in [0.3, 0.4) is 0 Å². The van der Waals surface area contributed by atoms with E-state index in [1.165, 1.54) is 0 Å². The maximum atomic E-state index is 11.6. The first-order valence-electron chi connectivity index (χ1n) is 7.32. The van der Waals surface area contributed by atoms with Crippen molar-refractivity contribution in [1.82, 2.24) is 10.2 Å². The van der Waals surface area contributed by atoms with Crippen LogP contribution in [0.4, 0.5) is 0 Å². The van der Waals surface area contributed by atoms with Gasteiger partial charge < -0.3 is 15.8 Å². The summed E-state index contributed by atoms with van der Waals surface area (Å²) in [6.45, 7) is 10.8. The summed E-state index contributed by atoms with van der Waals surface area (Å²) in [5, 5.41) is 3.29. The fourth-order valence-corrected chi connectivity index (χ4v) is 2.54. The van der Waals surface area contributed by atoms with Crippen LogP contribution in [0.2, 0.25) is 0 Å². The van der Waals surface area contributed by atoms with E-state index in [1.54, 1.807) is 0 Å². The number of unbranched alkanes of at least 4 members (excludes halogenated alkanes) is 1. The molecule has 1 aliphatic rings. The summed E-state index contributed by atoms with van der Waals surface area (Å²) in [7, 11) is 0. The van der Waals surface area contributed by atoms with Gasteiger partial charge in [-0.25, -0.2) is 0 Å². The minimum atomic E-state index is -0.584. The Labute approximate surface area is 116 Å². The monoisotopic (exact) mass is 271 g/mol. The van der Waals surface area contributed by atoms with Gasteiger partial charge in [0, 0.05) is 19.1 Å². The number of nitrogens with one attached hydrogen (secondary N) is 1. The number of primary amides is 1. The molecule has 0 spiro atoms. The van der Waals surface area contributed by atoms with E-state index in [-0.39, 0.29) is 11.9 Å². The number of morpholine rings is 1. The van der Waals surface area contributed by atoms with E-state index in [0.717, 1.165) is 52.1 Å². The summed E-state index contributed by atoms with van der Waals surface area (Å²) in [5.74, 6) is -0.257. The molecule has 0 aromatic rings. The highest BCUT2D eigenvalue weighted by atomic mass is 16.5. The highest BCUT2D eigenvalue weighted by molar-refractivity contribution is 5.84. The molecule has 0 bridgehead atoms. The standard InChI is InChI=1S/C14H29N3O2/c1-12(2)16-14(3,13(15)18)6-4-5-7-17-8-10-19-11-9-17/h12,16H,4-11H2,1-3H3,(H2,15,18). The molecule has 1 unspecified atom stereocenters. The van der Waals surface area contributed by atoms with Gasteiger partial charge in [-0.3, -0.25) is 9.69 Å². The molecule has 19 heavy (non-hydrogen) atoms. The van der Waals surface area contributed by atoms with Crippen molar-refractivity contribution in [3.05, 3.63) is 0 Å². The Balaban J connectivity index is 2.26. The zero-order valence-electron chi connectivity index (χ0n) is 12.6. The Bertz CT molecular complexity index is 278. The summed E-state index contributed by atoms with van der Waals surface area (Å²) < 4.78 is 5.32. The van der Waals surface area contributed by atoms with Crippen LogP contribution in [-0.4, -0.2) is 55.2 Å². The zero-order valence-corrected chi connectivity index (χ0v) is 12.6. The van der Waals surface area contributed by atoms with Crippen molar-refractivity contribution >= 4 is 5.91 Å². The second-order valence-corrected chi connectivity index (χ2v) is 5.91. The Morgan fingerprint density at radius 1 is 1.37 bits per heavy atom. The number of carbonyl (C=O) groups is 1. The minimum absolute atomic E-state index is 0.257. The predicted molar refractivity (Wildman–Crippen MR) is 77.0 cm³/mol. The van der Waals surface area contributed by atoms with Crippen molar-refractivity contribution in [3.8, 4) is 0 Å². The molecule has 1 fully saturated rings. The second-order valence-electron chi connectivity index (χ2n) is 5.91. The Morgan fingerprint density at radius 3 is 2.53 bits per heavy atom. The predicted octanol–water partition coefficient (Wildman–Crippen LogP) is 0.731. The average molecular weight is 271 g/mol. The van der Waals surface area contributed by atoms with E-state index < -0.39 is 5.54 Å². The molecular formula is C14H29N3O2. The van der Waals surface area contributed by atoms with Crippen molar-refractivity contribution in [3.63, 3.8) is 0 Å². The fourth-order valence-electron chi connectivity index (χ4n) is 2.54. The maximum Gasteiger partial charge on any atom is 0.237 e. The maximum absolute atomic E-state index is 11.6. The zero-order chi connectivity index (χ0) is 14.3. The first-order valence-corrected chi connectivity index (χ1v) is 7.32. The molecule has 0 aromatic carbocycles. The van der Waals surface area contributed by atoms with Gasteiger partial charge >= 0.3 is 0 Å². The molecular weight excluding hydrogens is 242 g/mol. The average Bonchev–Trinajstić information content (AvgIpc) is 2.35. The number of rotatable bonds is 8. The summed E-state index contributed by atoms with van der Waals surface area (Å²) >= 11 is 0. The Kier molecular flexibility index (Phi) is 6.75. The quantitative estimate of drug-likeness (QED) is 0.639. The molecule has 3 N–H and O–H groups in total. The molecule has 5 nitrogen and oxygen atoms in total. The lowest BCUT2D eigenvalue weighted by atomic mass is 9.93. The van der Waals surface area contributed by atoms with Gasteiger partial charge in [0.2, 0.25) is 5.91 Å². The van der Waals surface area contributed by atoms with Crippen LogP contribution in [0, 0.1) is 0 Å². The summed E-state index contributed by atoms with van der Waals surface area (Å²) in [5.41, 5.74) is 4.93. The number of amides is 1. The number of hydrogen-bond donors (Lipinski definition) is 2. The summed E-state index contributed by atoms with van der Waals surface area (Å²) in [6.07, 6.45) is 2.91. The van der Waals surface area contributed by atoms with Gasteiger partial charge in [0.05, 0.1) is 18.8 Å². The number of nitrogens with zero attached hydrogens (tertiary/aromatic N) is 1. The van der Waals surface area contributed by atoms with Crippen molar-refractivity contribution in [1.29, 1.82) is 0 Å². The molecule has 1 saturated heterocycles. The van der Waals surface area contributed by atoms with E-state index in [2.05, 4.69) is 10.2 Å². The highest BCUT2D eigenvalue weighted by Crippen LogP contribution is 2.15. The van der Waals surface area contributed by atoms with Gasteiger partial charge in [-0.15, -0.1) is 0 Å². The number of ether oxygens (including phenoxy) is 1. The van der Waals surface area contributed by atoms with Crippen molar-refractivity contribution < 1.29 is 9.53 Å². The van der Waals surface area contributed by atoms with Crippen LogP contribution >= 0.6 is 0 Å². The van der Waals surface area contributed by atoms with Gasteiger partial charge in [0.15, 0.2) is 0 Å². The smallest absolute Gasteiger partial charge is 0.237 e. The van der Waals surface area contributed by atoms with E-state index in [1.807, 2.05) is 20.8 Å².